The van der Waals surface area contributed by atoms with Crippen LogP contribution in [0.5, 0.6) is 0 Å². The van der Waals surface area contributed by atoms with E-state index in [1.54, 1.807) is 6.07 Å². The van der Waals surface area contributed by atoms with Crippen LogP contribution >= 0.6 is 0 Å². The van der Waals surface area contributed by atoms with E-state index in [-0.39, 0.29) is 11.7 Å². The predicted octanol–water partition coefficient (Wildman–Crippen LogP) is 2.28. The van der Waals surface area contributed by atoms with E-state index in [0.717, 1.165) is 32.1 Å². The van der Waals surface area contributed by atoms with E-state index in [1.165, 1.54) is 12.1 Å². The Hall–Kier alpha value is -1.82. The fourth-order valence-electron chi connectivity index (χ4n) is 2.49. The summed E-state index contributed by atoms with van der Waals surface area (Å²) in [5.74, 6) is 0. The van der Waals surface area contributed by atoms with Crippen LogP contribution in [-0.4, -0.2) is 22.2 Å². The number of nitrogens with two attached hydrogens (primary N) is 1. The molecule has 1 fully saturated rings. The quantitative estimate of drug-likeness (QED) is 0.337. The summed E-state index contributed by atoms with van der Waals surface area (Å²) in [5, 5.41) is 24.0. The van der Waals surface area contributed by atoms with Gasteiger partial charge in [0.25, 0.3) is 5.69 Å². The van der Waals surface area contributed by atoms with Gasteiger partial charge in [0.15, 0.2) is 0 Å². The highest BCUT2D eigenvalue weighted by Crippen LogP contribution is 2.26. The van der Waals surface area contributed by atoms with Crippen molar-refractivity contribution in [2.75, 3.05) is 11.1 Å². The summed E-state index contributed by atoms with van der Waals surface area (Å²) in [7, 11) is 0. The van der Waals surface area contributed by atoms with E-state index in [4.69, 9.17) is 5.73 Å². The molecule has 1 aliphatic carbocycles. The number of aliphatic hydroxyl groups excluding tert-OH is 1. The summed E-state index contributed by atoms with van der Waals surface area (Å²) < 4.78 is 0. The van der Waals surface area contributed by atoms with Gasteiger partial charge in [-0.3, -0.25) is 10.1 Å². The second-order valence-corrected chi connectivity index (χ2v) is 5.03. The summed E-state index contributed by atoms with van der Waals surface area (Å²) >= 11 is 0. The van der Waals surface area contributed by atoms with E-state index in [2.05, 4.69) is 5.32 Å². The van der Waals surface area contributed by atoms with Gasteiger partial charge in [-0.2, -0.15) is 0 Å². The van der Waals surface area contributed by atoms with Crippen molar-refractivity contribution in [3.63, 3.8) is 0 Å². The number of aliphatic hydroxyl groups is 1. The third-order valence-electron chi connectivity index (χ3n) is 3.48. The van der Waals surface area contributed by atoms with Gasteiger partial charge in [0, 0.05) is 23.5 Å². The van der Waals surface area contributed by atoms with Gasteiger partial charge < -0.3 is 16.2 Å². The highest BCUT2D eigenvalue weighted by Gasteiger charge is 2.22. The smallest absolute Gasteiger partial charge is 0.273 e. The monoisotopic (exact) mass is 265 g/mol. The lowest BCUT2D eigenvalue weighted by Crippen LogP contribution is -2.32. The first-order chi connectivity index (χ1) is 9.06. The highest BCUT2D eigenvalue weighted by molar-refractivity contribution is 5.61. The van der Waals surface area contributed by atoms with Crippen molar-refractivity contribution in [1.29, 1.82) is 0 Å². The Morgan fingerprint density at radius 2 is 2.00 bits per heavy atom. The molecule has 0 amide bonds. The number of non-ortho nitro benzene ring substituents is 1. The lowest BCUT2D eigenvalue weighted by Gasteiger charge is -2.23. The molecule has 0 saturated heterocycles. The number of nitrogens with one attached hydrogen (secondary N) is 1. The molecule has 6 heteroatoms. The van der Waals surface area contributed by atoms with E-state index < -0.39 is 11.0 Å². The molecule has 19 heavy (non-hydrogen) atoms. The summed E-state index contributed by atoms with van der Waals surface area (Å²) in [5.41, 5.74) is 6.57. The van der Waals surface area contributed by atoms with Gasteiger partial charge in [0.2, 0.25) is 0 Å². The van der Waals surface area contributed by atoms with Gasteiger partial charge in [-0.05, 0) is 18.9 Å². The normalized spacial score (nSPS) is 23.6. The molecule has 6 nitrogen and oxygen atoms in total. The van der Waals surface area contributed by atoms with Crippen molar-refractivity contribution >= 4 is 17.1 Å². The Bertz CT molecular complexity index is 464. The van der Waals surface area contributed by atoms with Crippen molar-refractivity contribution in [1.82, 2.24) is 0 Å². The van der Waals surface area contributed by atoms with Crippen LogP contribution in [0.25, 0.3) is 0 Å². The van der Waals surface area contributed by atoms with Crippen LogP contribution in [0.3, 0.4) is 0 Å². The van der Waals surface area contributed by atoms with Crippen LogP contribution in [0.15, 0.2) is 18.2 Å². The van der Waals surface area contributed by atoms with Crippen molar-refractivity contribution in [2.24, 2.45) is 0 Å². The minimum absolute atomic E-state index is 0.0365. The van der Waals surface area contributed by atoms with Gasteiger partial charge in [0.05, 0.1) is 17.1 Å². The molecule has 0 heterocycles. The van der Waals surface area contributed by atoms with Gasteiger partial charge in [-0.15, -0.1) is 0 Å². The molecule has 2 unspecified atom stereocenters. The number of anilines is 2. The Balaban J connectivity index is 2.15. The Labute approximate surface area is 111 Å². The maximum Gasteiger partial charge on any atom is 0.273 e. The average Bonchev–Trinajstić information content (AvgIpc) is 2.54. The topological polar surface area (TPSA) is 101 Å². The standard InChI is InChI=1S/C13H19N3O3/c14-9-6-10(8-11(7-9)16(18)19)15-12-4-2-1-3-5-13(12)17/h6-8,12-13,15,17H,1-5,14H2. The first-order valence-corrected chi connectivity index (χ1v) is 6.56. The van der Waals surface area contributed by atoms with Gasteiger partial charge >= 0.3 is 0 Å². The summed E-state index contributed by atoms with van der Waals surface area (Å²) in [6.07, 6.45) is 4.41. The third kappa shape index (κ3) is 3.57. The molecule has 0 aliphatic heterocycles. The molecule has 0 bridgehead atoms. The number of nitrogen functional groups attached to an aromatic ring is 1. The van der Waals surface area contributed by atoms with Crippen molar-refractivity contribution in [2.45, 2.75) is 44.2 Å². The van der Waals surface area contributed by atoms with Crippen LogP contribution in [0.1, 0.15) is 32.1 Å². The van der Waals surface area contributed by atoms with Crippen LogP contribution in [-0.2, 0) is 0 Å². The fourth-order valence-corrected chi connectivity index (χ4v) is 2.49. The first-order valence-electron chi connectivity index (χ1n) is 6.56. The van der Waals surface area contributed by atoms with Crippen LogP contribution in [0, 0.1) is 10.1 Å². The molecule has 104 valence electrons. The van der Waals surface area contributed by atoms with Crippen LogP contribution < -0.4 is 11.1 Å². The largest absolute Gasteiger partial charge is 0.398 e. The summed E-state index contributed by atoms with van der Waals surface area (Å²) in [4.78, 5) is 10.3. The van der Waals surface area contributed by atoms with Crippen LogP contribution in [0.4, 0.5) is 17.1 Å². The number of rotatable bonds is 3. The maximum absolute atomic E-state index is 10.8. The van der Waals surface area contributed by atoms with Gasteiger partial charge in [-0.1, -0.05) is 19.3 Å². The van der Waals surface area contributed by atoms with E-state index in [9.17, 15) is 15.2 Å². The van der Waals surface area contributed by atoms with Crippen molar-refractivity contribution < 1.29 is 10.0 Å². The maximum atomic E-state index is 10.8. The Morgan fingerprint density at radius 3 is 2.74 bits per heavy atom. The number of hydrogen-bond acceptors (Lipinski definition) is 5. The molecule has 1 saturated carbocycles. The van der Waals surface area contributed by atoms with Crippen LogP contribution in [0.2, 0.25) is 0 Å². The zero-order valence-electron chi connectivity index (χ0n) is 10.7. The number of hydrogen-bond donors (Lipinski definition) is 3. The van der Waals surface area contributed by atoms with E-state index in [0.29, 0.717) is 11.4 Å². The molecule has 0 spiro atoms. The number of benzene rings is 1. The lowest BCUT2D eigenvalue weighted by molar-refractivity contribution is -0.384. The SMILES string of the molecule is Nc1cc(NC2CCCCCC2O)cc([N+](=O)[O-])c1. The molecular weight excluding hydrogens is 246 g/mol. The number of nitrogens with zero attached hydrogens (tertiary/aromatic N) is 1. The highest BCUT2D eigenvalue weighted by atomic mass is 16.6. The Kier molecular flexibility index (Phi) is 4.21. The van der Waals surface area contributed by atoms with Crippen molar-refractivity contribution in [3.05, 3.63) is 28.3 Å². The molecule has 1 aliphatic rings. The molecule has 1 aromatic rings. The second kappa shape index (κ2) is 5.88. The molecule has 1 aromatic carbocycles. The number of nitro benzene ring substituents is 1. The summed E-state index contributed by atoms with van der Waals surface area (Å²) in [6.45, 7) is 0. The number of nitro groups is 1. The van der Waals surface area contributed by atoms with Crippen molar-refractivity contribution in [3.8, 4) is 0 Å². The minimum atomic E-state index is -0.467. The van der Waals surface area contributed by atoms with Gasteiger partial charge in [-0.25, -0.2) is 0 Å². The summed E-state index contributed by atoms with van der Waals surface area (Å²) in [6, 6.07) is 4.37. The van der Waals surface area contributed by atoms with Gasteiger partial charge in [0.1, 0.15) is 0 Å². The molecule has 4 N–H and O–H groups in total. The third-order valence-corrected chi connectivity index (χ3v) is 3.48. The zero-order valence-corrected chi connectivity index (χ0v) is 10.7. The Morgan fingerprint density at radius 1 is 1.26 bits per heavy atom. The molecular formula is C13H19N3O3. The fraction of sp³-hybridized carbons (Fsp3) is 0.538. The van der Waals surface area contributed by atoms with E-state index >= 15 is 0 Å². The molecule has 2 rings (SSSR count). The van der Waals surface area contributed by atoms with E-state index in [1.807, 2.05) is 0 Å². The molecule has 0 radical (unpaired) electrons. The first kappa shape index (κ1) is 13.6. The second-order valence-electron chi connectivity index (χ2n) is 5.03. The average molecular weight is 265 g/mol. The lowest BCUT2D eigenvalue weighted by atomic mass is 10.1. The molecule has 2 atom stereocenters. The zero-order chi connectivity index (χ0) is 13.8. The minimum Gasteiger partial charge on any atom is -0.398 e. The predicted molar refractivity (Wildman–Crippen MR) is 74.0 cm³/mol. The molecule has 0 aromatic heterocycles.